The number of aliphatic hydroxyl groups is 1. The molecule has 0 heterocycles. The Morgan fingerprint density at radius 1 is 1.00 bits per heavy atom. The van der Waals surface area contributed by atoms with E-state index in [-0.39, 0.29) is 19.0 Å². The minimum atomic E-state index is -4.38. The van der Waals surface area contributed by atoms with Gasteiger partial charge in [0.25, 0.3) is 0 Å². The molecule has 1 rings (SSSR count). The third-order valence-electron chi connectivity index (χ3n) is 2.50. The van der Waals surface area contributed by atoms with Crippen molar-refractivity contribution in [2.45, 2.75) is 31.9 Å². The van der Waals surface area contributed by atoms with Gasteiger partial charge in [-0.25, -0.2) is 0 Å². The number of rotatable bonds is 7. The van der Waals surface area contributed by atoms with Crippen molar-refractivity contribution in [3.8, 4) is 5.75 Å². The van der Waals surface area contributed by atoms with E-state index in [1.165, 1.54) is 18.2 Å². The summed E-state index contributed by atoms with van der Waals surface area (Å²) in [5.74, 6) is -0.118. The lowest BCUT2D eigenvalue weighted by molar-refractivity contribution is -0.138. The van der Waals surface area contributed by atoms with Crippen molar-refractivity contribution < 1.29 is 23.0 Å². The molecule has 0 unspecified atom stereocenters. The van der Waals surface area contributed by atoms with Crippen LogP contribution in [0, 0.1) is 0 Å². The summed E-state index contributed by atoms with van der Waals surface area (Å²) in [4.78, 5) is 0. The van der Waals surface area contributed by atoms with Gasteiger partial charge in [0.15, 0.2) is 0 Å². The first kappa shape index (κ1) is 14.8. The zero-order chi connectivity index (χ0) is 13.4. The van der Waals surface area contributed by atoms with Gasteiger partial charge in [-0.2, -0.15) is 13.2 Å². The van der Waals surface area contributed by atoms with Crippen molar-refractivity contribution in [1.82, 2.24) is 0 Å². The second-order valence-corrected chi connectivity index (χ2v) is 3.98. The van der Waals surface area contributed by atoms with Crippen LogP contribution >= 0.6 is 0 Å². The van der Waals surface area contributed by atoms with Crippen LogP contribution in [-0.4, -0.2) is 18.3 Å². The van der Waals surface area contributed by atoms with Gasteiger partial charge in [-0.15, -0.1) is 0 Å². The Bertz CT molecular complexity index is 350. The number of benzene rings is 1. The van der Waals surface area contributed by atoms with E-state index in [4.69, 9.17) is 9.84 Å². The zero-order valence-electron chi connectivity index (χ0n) is 10.0. The third kappa shape index (κ3) is 4.96. The second kappa shape index (κ2) is 7.26. The molecule has 1 aromatic rings. The third-order valence-corrected chi connectivity index (χ3v) is 2.50. The fraction of sp³-hybridized carbons (Fsp3) is 0.538. The highest BCUT2D eigenvalue weighted by Gasteiger charge is 2.33. The average Bonchev–Trinajstić information content (AvgIpc) is 2.33. The number of alkyl halides is 3. The molecule has 0 aliphatic rings. The second-order valence-electron chi connectivity index (χ2n) is 3.98. The summed E-state index contributed by atoms with van der Waals surface area (Å²) in [5, 5.41) is 8.57. The van der Waals surface area contributed by atoms with E-state index in [0.29, 0.717) is 6.42 Å². The van der Waals surface area contributed by atoms with E-state index >= 15 is 0 Å². The Morgan fingerprint density at radius 3 is 2.33 bits per heavy atom. The molecule has 0 aromatic heterocycles. The molecule has 0 radical (unpaired) electrons. The Morgan fingerprint density at radius 2 is 1.67 bits per heavy atom. The molecule has 0 amide bonds. The first-order valence-corrected chi connectivity index (χ1v) is 5.95. The molecule has 18 heavy (non-hydrogen) atoms. The summed E-state index contributed by atoms with van der Waals surface area (Å²) in [6.45, 7) is 0.413. The highest BCUT2D eigenvalue weighted by atomic mass is 19.4. The zero-order valence-corrected chi connectivity index (χ0v) is 10.0. The number of aliphatic hydroxyl groups excluding tert-OH is 1. The van der Waals surface area contributed by atoms with Crippen molar-refractivity contribution in [3.05, 3.63) is 29.8 Å². The van der Waals surface area contributed by atoms with Crippen LogP contribution in [0.3, 0.4) is 0 Å². The van der Waals surface area contributed by atoms with Crippen LogP contribution in [0.25, 0.3) is 0 Å². The molecule has 0 aliphatic heterocycles. The van der Waals surface area contributed by atoms with Crippen molar-refractivity contribution in [2.24, 2.45) is 0 Å². The van der Waals surface area contributed by atoms with Crippen LogP contribution < -0.4 is 4.74 Å². The number of halogens is 3. The summed E-state index contributed by atoms with van der Waals surface area (Å²) in [6.07, 6.45) is -1.27. The van der Waals surface area contributed by atoms with Gasteiger partial charge in [-0.05, 0) is 31.4 Å². The molecule has 0 saturated carbocycles. The fourth-order valence-electron chi connectivity index (χ4n) is 1.58. The van der Waals surface area contributed by atoms with Crippen LogP contribution in [0.15, 0.2) is 24.3 Å². The number of para-hydroxylation sites is 1. The number of unbranched alkanes of at least 4 members (excludes halogenated alkanes) is 3. The largest absolute Gasteiger partial charge is 0.493 e. The van der Waals surface area contributed by atoms with Gasteiger partial charge in [-0.3, -0.25) is 0 Å². The highest BCUT2D eigenvalue weighted by molar-refractivity contribution is 5.35. The van der Waals surface area contributed by atoms with Crippen molar-refractivity contribution in [3.63, 3.8) is 0 Å². The van der Waals surface area contributed by atoms with E-state index in [9.17, 15) is 13.2 Å². The van der Waals surface area contributed by atoms with Gasteiger partial charge >= 0.3 is 6.18 Å². The Labute approximate surface area is 104 Å². The Balaban J connectivity index is 2.43. The molecule has 0 aliphatic carbocycles. The molecule has 2 nitrogen and oxygen atoms in total. The summed E-state index contributed by atoms with van der Waals surface area (Å²) >= 11 is 0. The maximum absolute atomic E-state index is 12.6. The molecule has 0 saturated heterocycles. The van der Waals surface area contributed by atoms with E-state index in [1.54, 1.807) is 0 Å². The van der Waals surface area contributed by atoms with Crippen LogP contribution in [0.5, 0.6) is 5.75 Å². The van der Waals surface area contributed by atoms with E-state index < -0.39 is 11.7 Å². The normalized spacial score (nSPS) is 11.6. The maximum atomic E-state index is 12.6. The number of hydrogen-bond donors (Lipinski definition) is 1. The molecule has 1 N–H and O–H groups in total. The van der Waals surface area contributed by atoms with Gasteiger partial charge in [0.05, 0.1) is 12.2 Å². The lowest BCUT2D eigenvalue weighted by Gasteiger charge is -2.13. The monoisotopic (exact) mass is 262 g/mol. The SMILES string of the molecule is OCCCCCCOc1ccccc1C(F)(F)F. The van der Waals surface area contributed by atoms with Crippen molar-refractivity contribution >= 4 is 0 Å². The molecular weight excluding hydrogens is 245 g/mol. The van der Waals surface area contributed by atoms with E-state index in [0.717, 1.165) is 25.3 Å². The van der Waals surface area contributed by atoms with Gasteiger partial charge < -0.3 is 9.84 Å². The van der Waals surface area contributed by atoms with Crippen LogP contribution in [0.4, 0.5) is 13.2 Å². The quantitative estimate of drug-likeness (QED) is 0.760. The summed E-state index contributed by atoms with van der Waals surface area (Å²) in [7, 11) is 0. The minimum Gasteiger partial charge on any atom is -0.493 e. The average molecular weight is 262 g/mol. The molecule has 102 valence electrons. The molecule has 0 atom stereocenters. The van der Waals surface area contributed by atoms with Crippen molar-refractivity contribution in [2.75, 3.05) is 13.2 Å². The molecule has 5 heteroatoms. The molecule has 1 aromatic carbocycles. The molecule has 0 bridgehead atoms. The Kier molecular flexibility index (Phi) is 5.98. The number of hydrogen-bond acceptors (Lipinski definition) is 2. The first-order valence-electron chi connectivity index (χ1n) is 5.95. The first-order chi connectivity index (χ1) is 8.55. The maximum Gasteiger partial charge on any atom is 0.419 e. The predicted molar refractivity (Wildman–Crippen MR) is 62.5 cm³/mol. The standard InChI is InChI=1S/C13H17F3O2/c14-13(15,16)11-7-3-4-8-12(11)18-10-6-2-1-5-9-17/h3-4,7-8,17H,1-2,5-6,9-10H2. The lowest BCUT2D eigenvalue weighted by atomic mass is 10.2. The minimum absolute atomic E-state index is 0.118. The molecule has 0 fully saturated rings. The highest BCUT2D eigenvalue weighted by Crippen LogP contribution is 2.35. The lowest BCUT2D eigenvalue weighted by Crippen LogP contribution is -2.09. The topological polar surface area (TPSA) is 29.5 Å². The van der Waals surface area contributed by atoms with Gasteiger partial charge in [-0.1, -0.05) is 18.6 Å². The van der Waals surface area contributed by atoms with Crippen LogP contribution in [-0.2, 0) is 6.18 Å². The van der Waals surface area contributed by atoms with Gasteiger partial charge in [0.2, 0.25) is 0 Å². The van der Waals surface area contributed by atoms with Crippen molar-refractivity contribution in [1.29, 1.82) is 0 Å². The smallest absolute Gasteiger partial charge is 0.419 e. The van der Waals surface area contributed by atoms with E-state index in [2.05, 4.69) is 0 Å². The summed E-state index contributed by atoms with van der Waals surface area (Å²) in [6, 6.07) is 5.21. The summed E-state index contributed by atoms with van der Waals surface area (Å²) in [5.41, 5.74) is -0.736. The fourth-order valence-corrected chi connectivity index (χ4v) is 1.58. The van der Waals surface area contributed by atoms with E-state index in [1.807, 2.05) is 0 Å². The van der Waals surface area contributed by atoms with Crippen LogP contribution in [0.1, 0.15) is 31.2 Å². The molecule has 0 spiro atoms. The number of ether oxygens (including phenoxy) is 1. The van der Waals surface area contributed by atoms with Gasteiger partial charge in [0, 0.05) is 6.61 Å². The Hall–Kier alpha value is -1.23. The molecular formula is C13H17F3O2. The van der Waals surface area contributed by atoms with Gasteiger partial charge in [0.1, 0.15) is 5.75 Å². The predicted octanol–water partition coefficient (Wildman–Crippen LogP) is 3.64. The van der Waals surface area contributed by atoms with Crippen LogP contribution in [0.2, 0.25) is 0 Å². The summed E-state index contributed by atoms with van der Waals surface area (Å²) < 4.78 is 43.0.